The van der Waals surface area contributed by atoms with Crippen molar-refractivity contribution in [3.63, 3.8) is 0 Å². The van der Waals surface area contributed by atoms with E-state index in [0.717, 1.165) is 12.8 Å². The highest BCUT2D eigenvalue weighted by Gasteiger charge is 2.60. The molecule has 9 N–H and O–H groups in total. The van der Waals surface area contributed by atoms with Crippen LogP contribution in [-0.4, -0.2) is 99.0 Å². The predicted octanol–water partition coefficient (Wildman–Crippen LogP) is 5.04. The quantitative estimate of drug-likeness (QED) is 0.148. The van der Waals surface area contributed by atoms with Gasteiger partial charge in [0.25, 0.3) is 5.91 Å². The summed E-state index contributed by atoms with van der Waals surface area (Å²) >= 11 is 0. The Hall–Kier alpha value is -5.25. The molecule has 1 amide bonds. The largest absolute Gasteiger partial charge is 0.478 e. The van der Waals surface area contributed by atoms with Crippen molar-refractivity contribution in [3.8, 4) is 0 Å². The third-order valence-electron chi connectivity index (χ3n) is 12.3. The first-order valence-electron chi connectivity index (χ1n) is 20.6. The minimum atomic E-state index is -1.60. The zero-order valence-electron chi connectivity index (χ0n) is 36.9. The maximum Gasteiger partial charge on any atom is 0.337 e. The highest BCUT2D eigenvalue weighted by Crippen LogP contribution is 2.60. The molecule has 3 unspecified atom stereocenters. The molecule has 0 radical (unpaired) electrons. The fourth-order valence-corrected chi connectivity index (χ4v) is 8.75. The van der Waals surface area contributed by atoms with Gasteiger partial charge in [0.05, 0.1) is 12.1 Å². The normalized spacial score (nSPS) is 24.7. The van der Waals surface area contributed by atoms with Crippen molar-refractivity contribution in [2.45, 2.75) is 92.5 Å². The Kier molecular flexibility index (Phi) is 22.6. The van der Waals surface area contributed by atoms with Crippen molar-refractivity contribution in [1.82, 2.24) is 5.32 Å². The second kappa shape index (κ2) is 25.6. The van der Waals surface area contributed by atoms with Gasteiger partial charge in [-0.25, -0.2) is 9.59 Å². The highest BCUT2D eigenvalue weighted by molar-refractivity contribution is 5.95. The van der Waals surface area contributed by atoms with Crippen LogP contribution in [0.1, 0.15) is 94.9 Å². The molecule has 2 saturated carbocycles. The summed E-state index contributed by atoms with van der Waals surface area (Å²) in [5.74, 6) is -3.18. The third-order valence-corrected chi connectivity index (χ3v) is 12.3. The predicted molar refractivity (Wildman–Crippen MR) is 235 cm³/mol. The van der Waals surface area contributed by atoms with Crippen LogP contribution in [0.4, 0.5) is 0 Å². The molecule has 3 aromatic rings. The second-order valence-electron chi connectivity index (χ2n) is 16.3. The summed E-state index contributed by atoms with van der Waals surface area (Å²) in [4.78, 5) is 62.5. The molecule has 62 heavy (non-hydrogen) atoms. The number of carbonyl (C=O) groups is 5. The molecule has 2 fully saturated rings. The van der Waals surface area contributed by atoms with Crippen molar-refractivity contribution >= 4 is 29.6 Å². The van der Waals surface area contributed by atoms with Gasteiger partial charge in [0.2, 0.25) is 0 Å². The van der Waals surface area contributed by atoms with E-state index in [1.807, 2.05) is 57.2 Å². The van der Waals surface area contributed by atoms with E-state index in [2.05, 4.69) is 12.2 Å². The van der Waals surface area contributed by atoms with Crippen molar-refractivity contribution in [2.24, 2.45) is 34.5 Å². The molecular formula is C48H67NO13. The minimum absolute atomic E-state index is 0. The van der Waals surface area contributed by atoms with Crippen LogP contribution >= 0.6 is 0 Å². The van der Waals surface area contributed by atoms with E-state index < -0.39 is 53.0 Å². The number of Topliss-reactive ketones (excluding diaryl/α,β-unsaturated/α-hetero) is 1. The summed E-state index contributed by atoms with van der Waals surface area (Å²) < 4.78 is 11.7. The van der Waals surface area contributed by atoms with Crippen LogP contribution in [0.2, 0.25) is 0 Å². The lowest BCUT2D eigenvalue weighted by atomic mass is 9.48. The fourth-order valence-electron chi connectivity index (χ4n) is 8.75. The molecule has 3 aliphatic rings. The molecule has 0 heterocycles. The SMILES string of the molecule is CC(=O)OC1C(=O)[C@@]2(C)[C@H](CC3C[C@H](OC(=O)[C@H](O)CNC(=O)c4ccccc4)C(C)=C1C3(C)C)C(CO)CC[C@@H]2C.CCO.O.O.O=C(O)c1ccccc1.c1ccccc1. The number of fused-ring (bicyclic) bond motifs is 3. The monoisotopic (exact) mass is 865 g/mol. The van der Waals surface area contributed by atoms with E-state index in [0.29, 0.717) is 35.1 Å². The van der Waals surface area contributed by atoms with Crippen LogP contribution in [0, 0.1) is 34.5 Å². The number of aromatic carboxylic acids is 1. The van der Waals surface area contributed by atoms with Gasteiger partial charge in [-0.1, -0.05) is 100 Å². The second-order valence-corrected chi connectivity index (χ2v) is 16.3. The average molecular weight is 866 g/mol. The number of aliphatic hydroxyl groups is 3. The van der Waals surface area contributed by atoms with Crippen LogP contribution in [0.15, 0.2) is 108 Å². The van der Waals surface area contributed by atoms with Crippen LogP contribution in [-0.2, 0) is 23.9 Å². The molecule has 0 aromatic heterocycles. The van der Waals surface area contributed by atoms with Crippen molar-refractivity contribution < 1.29 is 64.8 Å². The Balaban J connectivity index is 0.000000794. The van der Waals surface area contributed by atoms with Gasteiger partial charge >= 0.3 is 17.9 Å². The number of carboxylic acid groups (broad SMARTS) is 1. The Bertz CT molecular complexity index is 1860. The summed E-state index contributed by atoms with van der Waals surface area (Å²) in [6, 6.07) is 28.8. The van der Waals surface area contributed by atoms with Crippen molar-refractivity contribution in [1.29, 1.82) is 0 Å². The number of amides is 1. The highest BCUT2D eigenvalue weighted by atomic mass is 16.6. The maximum absolute atomic E-state index is 14.5. The number of rotatable bonds is 8. The summed E-state index contributed by atoms with van der Waals surface area (Å²) in [6.07, 6.45) is -0.810. The number of ether oxygens (including phenoxy) is 2. The van der Waals surface area contributed by atoms with E-state index in [9.17, 15) is 34.2 Å². The van der Waals surface area contributed by atoms with Gasteiger partial charge in [-0.15, -0.1) is 0 Å². The van der Waals surface area contributed by atoms with Crippen LogP contribution in [0.25, 0.3) is 0 Å². The van der Waals surface area contributed by atoms with Gasteiger partial charge in [0.15, 0.2) is 18.0 Å². The van der Waals surface area contributed by atoms with Crippen molar-refractivity contribution in [2.75, 3.05) is 19.8 Å². The van der Waals surface area contributed by atoms with E-state index in [4.69, 9.17) is 19.7 Å². The number of ketones is 1. The van der Waals surface area contributed by atoms with E-state index >= 15 is 0 Å². The molecule has 14 nitrogen and oxygen atoms in total. The van der Waals surface area contributed by atoms with Gasteiger partial charge in [-0.3, -0.25) is 14.4 Å². The van der Waals surface area contributed by atoms with Crippen molar-refractivity contribution in [3.05, 3.63) is 119 Å². The zero-order chi connectivity index (χ0) is 44.6. The molecule has 6 rings (SSSR count). The van der Waals surface area contributed by atoms with Crippen LogP contribution in [0.5, 0.6) is 0 Å². The lowest BCUT2D eigenvalue weighted by Crippen LogP contribution is -2.59. The molecule has 0 saturated heterocycles. The van der Waals surface area contributed by atoms with Gasteiger partial charge < -0.3 is 46.2 Å². The summed E-state index contributed by atoms with van der Waals surface area (Å²) in [7, 11) is 0. The Morgan fingerprint density at radius 2 is 1.29 bits per heavy atom. The van der Waals surface area contributed by atoms with Gasteiger partial charge in [0, 0.05) is 31.1 Å². The Morgan fingerprint density at radius 1 is 0.806 bits per heavy atom. The number of aliphatic hydroxyl groups excluding tert-OH is 3. The molecule has 8 atom stereocenters. The number of carboxylic acids is 1. The maximum atomic E-state index is 14.5. The first-order chi connectivity index (χ1) is 28.4. The number of nitrogens with one attached hydrogen (secondary N) is 1. The molecular weight excluding hydrogens is 799 g/mol. The molecule has 3 aliphatic carbocycles. The van der Waals surface area contributed by atoms with E-state index in [-0.39, 0.29) is 60.2 Å². The molecule has 0 aliphatic heterocycles. The number of benzene rings is 3. The Morgan fingerprint density at radius 3 is 1.74 bits per heavy atom. The Labute approximate surface area is 365 Å². The fraction of sp³-hybridized carbons (Fsp3) is 0.479. The number of hydrogen-bond donors (Lipinski definition) is 5. The van der Waals surface area contributed by atoms with Crippen LogP contribution in [0.3, 0.4) is 0 Å². The molecule has 342 valence electrons. The minimum Gasteiger partial charge on any atom is -0.478 e. The summed E-state index contributed by atoms with van der Waals surface area (Å²) in [5, 5.41) is 39.4. The molecule has 0 spiro atoms. The first-order valence-corrected chi connectivity index (χ1v) is 20.6. The van der Waals surface area contributed by atoms with Gasteiger partial charge in [0.1, 0.15) is 6.10 Å². The van der Waals surface area contributed by atoms with Gasteiger partial charge in [-0.2, -0.15) is 0 Å². The summed E-state index contributed by atoms with van der Waals surface area (Å²) in [5.41, 5.74) is 0.642. The van der Waals surface area contributed by atoms with E-state index in [1.165, 1.54) is 6.92 Å². The molecule has 2 bridgehead atoms. The number of esters is 2. The smallest absolute Gasteiger partial charge is 0.337 e. The summed E-state index contributed by atoms with van der Waals surface area (Å²) in [6.45, 7) is 12.8. The lowest BCUT2D eigenvalue weighted by molar-refractivity contribution is -0.168. The number of carbonyl (C=O) groups excluding carboxylic acids is 4. The molecule has 14 heteroatoms. The third kappa shape index (κ3) is 13.9. The topological polar surface area (TPSA) is 260 Å². The first kappa shape index (κ1) is 54.8. The lowest BCUT2D eigenvalue weighted by Gasteiger charge is -2.57. The van der Waals surface area contributed by atoms with E-state index in [1.54, 1.807) is 74.5 Å². The standard InChI is InChI=1S/C33H45NO8.C7H6O2.C6H6.C2H6O.2H2O/c1-18-12-13-22(17-35)24-14-23-15-26(42-31(40)25(37)16-34-30(39)21-10-8-7-9-11-21)19(2)27(32(23,4)5)28(41-20(3)36)29(38)33(18,24)6;8-7(9)6-4-2-1-3-5-6;1-2-4-6-5-3-1;1-2-3;;/h7-11,18,22-26,28,35,37H,12-17H2,1-6H3,(H,34,39);1-5H,(H,8,9);1-6H;3H,2H2,1H3;2*1H2/t18-,22?,23?,24+,25+,26-,28?,33+;;;;;/m0...../s1. The van der Waals surface area contributed by atoms with Crippen LogP contribution < -0.4 is 5.32 Å². The average Bonchev–Trinajstić information content (AvgIpc) is 3.24. The number of hydrogen-bond acceptors (Lipinski definition) is 10. The molecule has 3 aromatic carbocycles. The zero-order valence-corrected chi connectivity index (χ0v) is 36.9. The van der Waals surface area contributed by atoms with Gasteiger partial charge in [-0.05, 0) is 104 Å².